The number of pyridine rings is 1. The average Bonchev–Trinajstić information content (AvgIpc) is 2.27. The van der Waals surface area contributed by atoms with E-state index in [1.807, 2.05) is 6.07 Å². The predicted octanol–water partition coefficient (Wildman–Crippen LogP) is 1.49. The summed E-state index contributed by atoms with van der Waals surface area (Å²) in [5.41, 5.74) is 0.906. The minimum Gasteiger partial charge on any atom is -0.338 e. The largest absolute Gasteiger partial charge is 0.405 e. The summed E-state index contributed by atoms with van der Waals surface area (Å²) in [6, 6.07) is 2.74. The molecule has 0 radical (unpaired) electrons. The zero-order valence-electron chi connectivity index (χ0n) is 8.92. The summed E-state index contributed by atoms with van der Waals surface area (Å²) in [5.74, 6) is 0. The van der Waals surface area contributed by atoms with E-state index >= 15 is 0 Å². The van der Waals surface area contributed by atoms with Gasteiger partial charge in [-0.1, -0.05) is 6.07 Å². The maximum absolute atomic E-state index is 11.8. The molecule has 0 bridgehead atoms. The first-order chi connectivity index (χ1) is 7.97. The van der Waals surface area contributed by atoms with Gasteiger partial charge in [-0.15, -0.1) is 0 Å². The number of alkyl halides is 3. The molecule has 0 saturated heterocycles. The second-order valence-electron chi connectivity index (χ2n) is 3.34. The van der Waals surface area contributed by atoms with Crippen LogP contribution in [0.2, 0.25) is 0 Å². The molecule has 1 heterocycles. The number of carbonyl (C=O) groups excluding carboxylic acids is 1. The summed E-state index contributed by atoms with van der Waals surface area (Å²) in [6.07, 6.45) is -0.615. The molecular weight excluding hydrogens is 235 g/mol. The first kappa shape index (κ1) is 13.3. The Kier molecular flexibility index (Phi) is 4.74. The topological polar surface area (TPSA) is 54.0 Å². The molecule has 0 spiro atoms. The van der Waals surface area contributed by atoms with Crippen molar-refractivity contribution in [1.82, 2.24) is 15.6 Å². The van der Waals surface area contributed by atoms with Crippen LogP contribution < -0.4 is 10.6 Å². The van der Waals surface area contributed by atoms with Crippen LogP contribution in [0.4, 0.5) is 18.0 Å². The fraction of sp³-hybridized carbons (Fsp3) is 0.400. The molecule has 0 aliphatic heterocycles. The summed E-state index contributed by atoms with van der Waals surface area (Å²) in [7, 11) is 0. The second kappa shape index (κ2) is 6.07. The van der Waals surface area contributed by atoms with Gasteiger partial charge in [0.25, 0.3) is 0 Å². The fourth-order valence-corrected chi connectivity index (χ4v) is 1.11. The summed E-state index contributed by atoms with van der Waals surface area (Å²) >= 11 is 0. The Morgan fingerprint density at radius 1 is 1.35 bits per heavy atom. The van der Waals surface area contributed by atoms with E-state index < -0.39 is 18.8 Å². The zero-order valence-corrected chi connectivity index (χ0v) is 8.92. The lowest BCUT2D eigenvalue weighted by molar-refractivity contribution is -0.122. The fourth-order valence-electron chi connectivity index (χ4n) is 1.11. The predicted molar refractivity (Wildman–Crippen MR) is 55.4 cm³/mol. The van der Waals surface area contributed by atoms with Gasteiger partial charge in [0, 0.05) is 18.9 Å². The van der Waals surface area contributed by atoms with E-state index in [0.29, 0.717) is 6.42 Å². The first-order valence-electron chi connectivity index (χ1n) is 4.95. The lowest BCUT2D eigenvalue weighted by Gasteiger charge is -2.09. The van der Waals surface area contributed by atoms with E-state index in [2.05, 4.69) is 10.3 Å². The van der Waals surface area contributed by atoms with Gasteiger partial charge >= 0.3 is 12.2 Å². The molecule has 1 aromatic rings. The number of aromatic nitrogens is 1. The van der Waals surface area contributed by atoms with Crippen molar-refractivity contribution in [2.24, 2.45) is 0 Å². The Hall–Kier alpha value is -1.79. The molecule has 94 valence electrons. The Bertz CT molecular complexity index is 354. The van der Waals surface area contributed by atoms with Crippen molar-refractivity contribution < 1.29 is 18.0 Å². The van der Waals surface area contributed by atoms with E-state index in [0.717, 1.165) is 5.56 Å². The van der Waals surface area contributed by atoms with Crippen LogP contribution in [0.15, 0.2) is 24.5 Å². The monoisotopic (exact) mass is 247 g/mol. The molecule has 1 aromatic heterocycles. The lowest BCUT2D eigenvalue weighted by Crippen LogP contribution is -2.41. The van der Waals surface area contributed by atoms with Gasteiger partial charge in [0.2, 0.25) is 0 Å². The number of carbonyl (C=O) groups is 1. The minimum atomic E-state index is -4.39. The molecule has 0 atom stereocenters. The van der Waals surface area contributed by atoms with Gasteiger partial charge in [-0.05, 0) is 18.1 Å². The highest BCUT2D eigenvalue weighted by Crippen LogP contribution is 2.11. The lowest BCUT2D eigenvalue weighted by atomic mass is 10.2. The maximum Gasteiger partial charge on any atom is 0.405 e. The van der Waals surface area contributed by atoms with Crippen molar-refractivity contribution in [3.8, 4) is 0 Å². The van der Waals surface area contributed by atoms with Gasteiger partial charge in [-0.3, -0.25) is 4.98 Å². The highest BCUT2D eigenvalue weighted by molar-refractivity contribution is 5.73. The zero-order chi connectivity index (χ0) is 12.7. The van der Waals surface area contributed by atoms with Crippen LogP contribution in [0.5, 0.6) is 0 Å². The number of nitrogens with one attached hydrogen (secondary N) is 2. The highest BCUT2D eigenvalue weighted by Gasteiger charge is 2.27. The molecule has 7 heteroatoms. The van der Waals surface area contributed by atoms with Crippen LogP contribution in [-0.2, 0) is 6.42 Å². The summed E-state index contributed by atoms with van der Waals surface area (Å²) in [4.78, 5) is 14.8. The molecule has 4 nitrogen and oxygen atoms in total. The van der Waals surface area contributed by atoms with Gasteiger partial charge in [0.1, 0.15) is 6.54 Å². The third-order valence-corrected chi connectivity index (χ3v) is 1.87. The Balaban J connectivity index is 2.17. The quantitative estimate of drug-likeness (QED) is 0.846. The Morgan fingerprint density at radius 3 is 2.71 bits per heavy atom. The van der Waals surface area contributed by atoms with E-state index in [-0.39, 0.29) is 6.54 Å². The third-order valence-electron chi connectivity index (χ3n) is 1.87. The maximum atomic E-state index is 11.8. The van der Waals surface area contributed by atoms with Crippen LogP contribution in [0, 0.1) is 0 Å². The van der Waals surface area contributed by atoms with Crippen molar-refractivity contribution in [3.05, 3.63) is 30.1 Å². The van der Waals surface area contributed by atoms with E-state index in [1.165, 1.54) is 0 Å². The highest BCUT2D eigenvalue weighted by atomic mass is 19.4. The van der Waals surface area contributed by atoms with Gasteiger partial charge < -0.3 is 10.6 Å². The van der Waals surface area contributed by atoms with Crippen molar-refractivity contribution in [2.45, 2.75) is 12.6 Å². The SMILES string of the molecule is O=C(NCCc1cccnc1)NCC(F)(F)F. The number of halogens is 3. The van der Waals surface area contributed by atoms with E-state index in [1.54, 1.807) is 23.8 Å². The minimum absolute atomic E-state index is 0.259. The number of amides is 2. The van der Waals surface area contributed by atoms with Crippen molar-refractivity contribution in [2.75, 3.05) is 13.1 Å². The Labute approximate surface area is 96.2 Å². The summed E-state index contributed by atoms with van der Waals surface area (Å²) in [5, 5.41) is 4.04. The summed E-state index contributed by atoms with van der Waals surface area (Å²) < 4.78 is 35.3. The summed E-state index contributed by atoms with van der Waals surface area (Å²) in [6.45, 7) is -1.07. The van der Waals surface area contributed by atoms with Crippen molar-refractivity contribution in [1.29, 1.82) is 0 Å². The molecule has 2 amide bonds. The molecule has 0 saturated carbocycles. The number of hydrogen-bond donors (Lipinski definition) is 2. The molecule has 0 aliphatic rings. The standard InChI is InChI=1S/C10H12F3N3O/c11-10(12,13)7-16-9(17)15-5-3-8-2-1-4-14-6-8/h1-2,4,6H,3,5,7H2,(H2,15,16,17). The van der Waals surface area contributed by atoms with Crippen LogP contribution in [0.3, 0.4) is 0 Å². The van der Waals surface area contributed by atoms with Crippen molar-refractivity contribution in [3.63, 3.8) is 0 Å². The van der Waals surface area contributed by atoms with E-state index in [4.69, 9.17) is 0 Å². The first-order valence-corrected chi connectivity index (χ1v) is 4.95. The molecule has 1 rings (SSSR count). The van der Waals surface area contributed by atoms with Crippen LogP contribution in [0.1, 0.15) is 5.56 Å². The van der Waals surface area contributed by atoms with Crippen molar-refractivity contribution >= 4 is 6.03 Å². The van der Waals surface area contributed by atoms with Crippen LogP contribution in [0.25, 0.3) is 0 Å². The normalized spacial score (nSPS) is 11.0. The second-order valence-corrected chi connectivity index (χ2v) is 3.34. The molecule has 0 fully saturated rings. The smallest absolute Gasteiger partial charge is 0.338 e. The van der Waals surface area contributed by atoms with Gasteiger partial charge in [0.15, 0.2) is 0 Å². The van der Waals surface area contributed by atoms with Crippen LogP contribution in [-0.4, -0.2) is 30.3 Å². The van der Waals surface area contributed by atoms with Gasteiger partial charge in [-0.25, -0.2) is 4.79 Å². The molecule has 0 unspecified atom stereocenters. The molecule has 0 aromatic carbocycles. The Morgan fingerprint density at radius 2 is 2.12 bits per heavy atom. The van der Waals surface area contributed by atoms with Gasteiger partial charge in [-0.2, -0.15) is 13.2 Å². The van der Waals surface area contributed by atoms with E-state index in [9.17, 15) is 18.0 Å². The third kappa shape index (κ3) is 6.39. The van der Waals surface area contributed by atoms with Gasteiger partial charge in [0.05, 0.1) is 0 Å². The number of urea groups is 1. The molecule has 17 heavy (non-hydrogen) atoms. The number of hydrogen-bond acceptors (Lipinski definition) is 2. The molecular formula is C10H12F3N3O. The number of nitrogens with zero attached hydrogens (tertiary/aromatic N) is 1. The van der Waals surface area contributed by atoms with Crippen LogP contribution >= 0.6 is 0 Å². The molecule has 2 N–H and O–H groups in total. The molecule has 0 aliphatic carbocycles. The average molecular weight is 247 g/mol. The number of rotatable bonds is 4.